The molecule has 13 heteroatoms. The highest BCUT2D eigenvalue weighted by Gasteiger charge is 2.24. The van der Waals surface area contributed by atoms with Gasteiger partial charge < -0.3 is 68.5 Å². The molecule has 0 atom stereocenters. The van der Waals surface area contributed by atoms with E-state index >= 15 is 0 Å². The highest BCUT2D eigenvalue weighted by atomic mass is 16.5. The van der Waals surface area contributed by atoms with Crippen molar-refractivity contribution in [1.82, 2.24) is 0 Å². The Morgan fingerprint density at radius 2 is 0.671 bits per heavy atom. The van der Waals surface area contributed by atoms with E-state index in [-0.39, 0.29) is 0 Å². The molecule has 0 aromatic heterocycles. The van der Waals surface area contributed by atoms with Gasteiger partial charge in [0, 0.05) is 147 Å². The zero-order valence-corrected chi connectivity index (χ0v) is 47.2. The fourth-order valence-electron chi connectivity index (χ4n) is 11.0. The number of hydrogen-bond donors (Lipinski definition) is 6. The van der Waals surface area contributed by atoms with Crippen molar-refractivity contribution in [1.29, 1.82) is 0 Å². The molecule has 0 unspecified atom stereocenters. The van der Waals surface area contributed by atoms with E-state index < -0.39 is 0 Å². The Bertz CT molecular complexity index is 2710. The first-order valence-electron chi connectivity index (χ1n) is 28.0. The van der Waals surface area contributed by atoms with Crippen molar-refractivity contribution in [3.63, 3.8) is 0 Å². The third-order valence-electron chi connectivity index (χ3n) is 15.8. The Morgan fingerprint density at radius 1 is 0.355 bits per heavy atom. The summed E-state index contributed by atoms with van der Waals surface area (Å²) in [7, 11) is 0. The van der Waals surface area contributed by atoms with Gasteiger partial charge in [-0.15, -0.1) is 0 Å². The van der Waals surface area contributed by atoms with Gasteiger partial charge in [0.25, 0.3) is 0 Å². The minimum atomic E-state index is 0.640. The van der Waals surface area contributed by atoms with Crippen molar-refractivity contribution in [3.8, 4) is 5.75 Å². The summed E-state index contributed by atoms with van der Waals surface area (Å²) in [4.78, 5) is 14.8. The number of anilines is 12. The molecule has 0 saturated carbocycles. The van der Waals surface area contributed by atoms with Crippen molar-refractivity contribution < 1.29 is 4.74 Å². The number of benzene rings is 6. The number of nitrogens with zero attached hydrogens (tertiary/aromatic N) is 6. The van der Waals surface area contributed by atoms with Gasteiger partial charge in [0.1, 0.15) is 5.75 Å². The van der Waals surface area contributed by atoms with E-state index in [9.17, 15) is 0 Å². The minimum Gasteiger partial charge on any atom is -0.492 e. The second-order valence-corrected chi connectivity index (χ2v) is 21.0. The molecule has 9 rings (SSSR count). The van der Waals surface area contributed by atoms with E-state index in [1.165, 1.54) is 93.1 Å². The fourth-order valence-corrected chi connectivity index (χ4v) is 11.0. The first-order chi connectivity index (χ1) is 36.6. The lowest BCUT2D eigenvalue weighted by atomic mass is 10.0. The standard InChI is InChI=1S/C24H36N4.C20H28N4.C19H26N4O/c1-3-5-7-19-17-21(25)9-11-23(19)27-13-15-28(16-14-27)24-12-10-22(26)18-20(24)8-6-4-2;1-13-15(3)19(7-5-17(13)21)23-9-11-24(12-10-23)20-8-6-18(22)14(2)16(20)4;1-3-24-19-13-16(21)5-7-18(19)23-10-8-22(9-11-23)17-6-4-15(20)12-14(17)2/h9-12,17-18H,3-8,13-16,25-26H2,1-2H3;5-8H,9-12,21-22H2,1-4H3;4-7,12-13H,3,8-11,20-21H2,1-2H3. The molecular weight excluding hydrogens is 941 g/mol. The van der Waals surface area contributed by atoms with Crippen molar-refractivity contribution in [2.45, 2.75) is 93.9 Å². The van der Waals surface area contributed by atoms with Gasteiger partial charge in [-0.05, 0) is 197 Å². The van der Waals surface area contributed by atoms with Crippen LogP contribution in [-0.4, -0.2) is 85.1 Å². The molecule has 12 N–H and O–H groups in total. The largest absolute Gasteiger partial charge is 0.492 e. The average Bonchev–Trinajstić information content (AvgIpc) is 3.42. The summed E-state index contributed by atoms with van der Waals surface area (Å²) in [5.74, 6) is 0.870. The molecule has 3 heterocycles. The van der Waals surface area contributed by atoms with Crippen LogP contribution < -0.4 is 68.5 Å². The number of aryl methyl sites for hydroxylation is 3. The molecule has 0 aliphatic carbocycles. The van der Waals surface area contributed by atoms with Crippen LogP contribution in [0.15, 0.2) is 97.1 Å². The van der Waals surface area contributed by atoms with Crippen LogP contribution in [0.25, 0.3) is 0 Å². The lowest BCUT2D eigenvalue weighted by Crippen LogP contribution is -2.47. The number of ether oxygens (including phenoxy) is 1. The molecule has 13 nitrogen and oxygen atoms in total. The van der Waals surface area contributed by atoms with E-state index in [0.717, 1.165) is 137 Å². The zero-order valence-electron chi connectivity index (χ0n) is 47.2. The molecule has 3 aliphatic heterocycles. The van der Waals surface area contributed by atoms with E-state index in [1.54, 1.807) is 0 Å². The lowest BCUT2D eigenvalue weighted by Gasteiger charge is -2.39. The predicted octanol–water partition coefficient (Wildman–Crippen LogP) is 11.2. The Balaban J connectivity index is 0.000000167. The third kappa shape index (κ3) is 14.0. The van der Waals surface area contributed by atoms with Gasteiger partial charge in [-0.25, -0.2) is 0 Å². The van der Waals surface area contributed by atoms with Crippen LogP contribution in [0.2, 0.25) is 0 Å². The molecule has 3 saturated heterocycles. The first-order valence-corrected chi connectivity index (χ1v) is 28.0. The maximum atomic E-state index is 6.06. The molecule has 76 heavy (non-hydrogen) atoms. The van der Waals surface area contributed by atoms with E-state index in [0.29, 0.717) is 6.61 Å². The lowest BCUT2D eigenvalue weighted by molar-refractivity contribution is 0.340. The molecule has 0 bridgehead atoms. The fraction of sp³-hybridized carbons (Fsp3) is 0.429. The Labute approximate surface area is 455 Å². The van der Waals surface area contributed by atoms with Gasteiger partial charge in [0.2, 0.25) is 0 Å². The van der Waals surface area contributed by atoms with Crippen LogP contribution in [0, 0.1) is 34.6 Å². The third-order valence-corrected chi connectivity index (χ3v) is 15.8. The number of rotatable bonds is 14. The molecule has 6 aromatic carbocycles. The summed E-state index contributed by atoms with van der Waals surface area (Å²) < 4.78 is 5.77. The predicted molar refractivity (Wildman–Crippen MR) is 330 cm³/mol. The summed E-state index contributed by atoms with van der Waals surface area (Å²) in [5, 5.41) is 0. The van der Waals surface area contributed by atoms with E-state index in [4.69, 9.17) is 39.1 Å². The molecule has 3 aliphatic rings. The van der Waals surface area contributed by atoms with E-state index in [1.807, 2.05) is 55.5 Å². The monoisotopic (exact) mass is 1030 g/mol. The SMILES string of the molecule is CCCCc1cc(N)ccc1N1CCN(c2ccc(N)cc2CCCC)CC1.CCOc1cc(N)ccc1N1CCN(c2ccc(N)cc2C)CC1.Cc1c(N)ccc(N2CCN(c3ccc(N)c(C)c3C)CC2)c1C. The number of unbranched alkanes of at least 4 members (excludes halogenated alkanes) is 2. The van der Waals surface area contributed by atoms with Crippen molar-refractivity contribution >= 4 is 68.2 Å². The Morgan fingerprint density at radius 3 is 1.05 bits per heavy atom. The van der Waals surface area contributed by atoms with Crippen molar-refractivity contribution in [3.05, 3.63) is 136 Å². The quantitative estimate of drug-likeness (QED) is 0.0567. The van der Waals surface area contributed by atoms with Crippen LogP contribution in [-0.2, 0) is 12.8 Å². The van der Waals surface area contributed by atoms with E-state index in [2.05, 4.69) is 126 Å². The summed E-state index contributed by atoms with van der Waals surface area (Å²) in [6.07, 6.45) is 7.05. The average molecular weight is 1030 g/mol. The molecular formula is C63H90N12O. The van der Waals surface area contributed by atoms with Gasteiger partial charge in [0.15, 0.2) is 0 Å². The molecule has 0 spiro atoms. The normalized spacial score (nSPS) is 14.7. The first kappa shape index (κ1) is 56.4. The minimum absolute atomic E-state index is 0.640. The topological polar surface area (TPSA) is 185 Å². The molecule has 0 radical (unpaired) electrons. The zero-order chi connectivity index (χ0) is 54.5. The summed E-state index contributed by atoms with van der Waals surface area (Å²) in [6.45, 7) is 29.9. The number of hydrogen-bond acceptors (Lipinski definition) is 13. The second-order valence-electron chi connectivity index (χ2n) is 21.0. The number of piperazine rings is 3. The van der Waals surface area contributed by atoms with Gasteiger partial charge in [-0.3, -0.25) is 0 Å². The van der Waals surface area contributed by atoms with Gasteiger partial charge >= 0.3 is 0 Å². The Hall–Kier alpha value is -7.28. The smallest absolute Gasteiger partial charge is 0.144 e. The highest BCUT2D eigenvalue weighted by Crippen LogP contribution is 2.35. The number of nitrogen functional groups attached to an aromatic ring is 6. The Kier molecular flexibility index (Phi) is 19.7. The van der Waals surface area contributed by atoms with Crippen LogP contribution in [0.1, 0.15) is 85.4 Å². The summed E-state index contributed by atoms with van der Waals surface area (Å²) in [5.41, 5.74) is 57.7. The van der Waals surface area contributed by atoms with Crippen molar-refractivity contribution in [2.24, 2.45) is 0 Å². The van der Waals surface area contributed by atoms with Crippen LogP contribution in [0.5, 0.6) is 5.75 Å². The van der Waals surface area contributed by atoms with Gasteiger partial charge in [-0.2, -0.15) is 0 Å². The highest BCUT2D eigenvalue weighted by molar-refractivity contribution is 5.69. The number of nitrogens with two attached hydrogens (primary N) is 6. The van der Waals surface area contributed by atoms with Crippen LogP contribution >= 0.6 is 0 Å². The van der Waals surface area contributed by atoms with Crippen LogP contribution in [0.3, 0.4) is 0 Å². The van der Waals surface area contributed by atoms with Gasteiger partial charge in [0.05, 0.1) is 12.3 Å². The van der Waals surface area contributed by atoms with Crippen molar-refractivity contribution in [2.75, 3.05) is 149 Å². The molecule has 3 fully saturated rings. The summed E-state index contributed by atoms with van der Waals surface area (Å²) >= 11 is 0. The molecule has 408 valence electrons. The molecule has 0 amide bonds. The van der Waals surface area contributed by atoms with Gasteiger partial charge in [-0.1, -0.05) is 26.7 Å². The second kappa shape index (κ2) is 26.5. The maximum absolute atomic E-state index is 6.06. The maximum Gasteiger partial charge on any atom is 0.144 e. The summed E-state index contributed by atoms with van der Waals surface area (Å²) in [6, 6.07) is 33.3. The molecule has 6 aromatic rings. The van der Waals surface area contributed by atoms with Crippen LogP contribution in [0.4, 0.5) is 68.2 Å².